The molecule has 3 aromatic rings. The van der Waals surface area contributed by atoms with E-state index in [1.54, 1.807) is 6.07 Å². The Morgan fingerprint density at radius 3 is 2.24 bits per heavy atom. The molecule has 1 aromatic heterocycles. The van der Waals surface area contributed by atoms with Gasteiger partial charge in [-0.3, -0.25) is 4.72 Å². The quantitative estimate of drug-likeness (QED) is 0.538. The first-order chi connectivity index (χ1) is 11.8. The molecular formula is C16H10F4N2O2S. The van der Waals surface area contributed by atoms with E-state index in [0.717, 1.165) is 12.3 Å². The summed E-state index contributed by atoms with van der Waals surface area (Å²) in [6, 6.07) is 7.47. The molecule has 0 spiro atoms. The minimum atomic E-state index is -4.30. The normalized spacial score (nSPS) is 11.5. The van der Waals surface area contributed by atoms with Crippen LogP contribution in [0, 0.1) is 23.3 Å². The molecule has 1 heterocycles. The molecule has 0 aliphatic heterocycles. The third-order valence-corrected chi connectivity index (χ3v) is 4.73. The number of halogens is 4. The number of aromatic nitrogens is 1. The van der Waals surface area contributed by atoms with Crippen LogP contribution in [-0.2, 0) is 10.0 Å². The molecule has 0 radical (unpaired) electrons. The number of rotatable bonds is 4. The van der Waals surface area contributed by atoms with Gasteiger partial charge in [-0.1, -0.05) is 12.1 Å². The topological polar surface area (TPSA) is 62.0 Å². The second kappa shape index (κ2) is 6.25. The minimum Gasteiger partial charge on any atom is -0.360 e. The summed E-state index contributed by atoms with van der Waals surface area (Å²) >= 11 is 0. The molecule has 3 rings (SSSR count). The van der Waals surface area contributed by atoms with Crippen molar-refractivity contribution in [2.75, 3.05) is 4.72 Å². The molecule has 9 heteroatoms. The molecule has 0 atom stereocenters. The third kappa shape index (κ3) is 3.36. The van der Waals surface area contributed by atoms with Crippen LogP contribution in [0.2, 0.25) is 0 Å². The van der Waals surface area contributed by atoms with Gasteiger partial charge in [0.1, 0.15) is 16.5 Å². The maximum atomic E-state index is 13.8. The van der Waals surface area contributed by atoms with Crippen molar-refractivity contribution in [1.29, 1.82) is 0 Å². The van der Waals surface area contributed by atoms with Crippen molar-refractivity contribution in [1.82, 2.24) is 4.98 Å². The monoisotopic (exact) mass is 370 g/mol. The average molecular weight is 370 g/mol. The summed E-state index contributed by atoms with van der Waals surface area (Å²) in [5.41, 5.74) is -0.417. The Morgan fingerprint density at radius 1 is 0.840 bits per heavy atom. The molecule has 130 valence electrons. The minimum absolute atomic E-state index is 0.142. The van der Waals surface area contributed by atoms with Gasteiger partial charge < -0.3 is 4.98 Å². The van der Waals surface area contributed by atoms with E-state index in [2.05, 4.69) is 4.98 Å². The highest BCUT2D eigenvalue weighted by atomic mass is 32.2. The van der Waals surface area contributed by atoms with Crippen LogP contribution in [0.15, 0.2) is 53.6 Å². The Balaban J connectivity index is 1.94. The van der Waals surface area contributed by atoms with E-state index < -0.39 is 39.0 Å². The molecule has 0 saturated heterocycles. The average Bonchev–Trinajstić information content (AvgIpc) is 3.03. The van der Waals surface area contributed by atoms with Crippen LogP contribution in [-0.4, -0.2) is 13.4 Å². The summed E-state index contributed by atoms with van der Waals surface area (Å²) in [6.45, 7) is 0. The van der Waals surface area contributed by atoms with E-state index in [-0.39, 0.29) is 22.2 Å². The molecular weight excluding hydrogens is 360 g/mol. The third-order valence-electron chi connectivity index (χ3n) is 3.39. The lowest BCUT2D eigenvalue weighted by atomic mass is 10.1. The highest BCUT2D eigenvalue weighted by Crippen LogP contribution is 2.26. The zero-order chi connectivity index (χ0) is 18.2. The van der Waals surface area contributed by atoms with Gasteiger partial charge in [0.15, 0.2) is 11.6 Å². The number of benzene rings is 2. The summed E-state index contributed by atoms with van der Waals surface area (Å²) in [5.74, 6) is -4.68. The zero-order valence-corrected chi connectivity index (χ0v) is 13.2. The highest BCUT2D eigenvalue weighted by Gasteiger charge is 2.20. The number of sulfonamides is 1. The number of H-pyrrole nitrogens is 1. The van der Waals surface area contributed by atoms with Crippen LogP contribution < -0.4 is 4.72 Å². The second-order valence-electron chi connectivity index (χ2n) is 5.08. The molecule has 0 fully saturated rings. The van der Waals surface area contributed by atoms with Crippen molar-refractivity contribution in [3.63, 3.8) is 0 Å². The van der Waals surface area contributed by atoms with E-state index in [0.29, 0.717) is 6.07 Å². The van der Waals surface area contributed by atoms with Crippen molar-refractivity contribution in [3.8, 4) is 11.3 Å². The molecule has 2 N–H and O–H groups in total. The van der Waals surface area contributed by atoms with E-state index in [4.69, 9.17) is 0 Å². The molecule has 0 saturated carbocycles. The maximum Gasteiger partial charge on any atom is 0.263 e. The molecule has 2 aromatic carbocycles. The van der Waals surface area contributed by atoms with Crippen LogP contribution in [0.5, 0.6) is 0 Å². The summed E-state index contributed by atoms with van der Waals surface area (Å²) in [6.07, 6.45) is 1.07. The predicted molar refractivity (Wildman–Crippen MR) is 83.3 cm³/mol. The predicted octanol–water partition coefficient (Wildman–Crippen LogP) is 4.04. The fourth-order valence-electron chi connectivity index (χ4n) is 2.17. The van der Waals surface area contributed by atoms with E-state index in [1.165, 1.54) is 18.2 Å². The van der Waals surface area contributed by atoms with Gasteiger partial charge in [-0.15, -0.1) is 0 Å². The van der Waals surface area contributed by atoms with Gasteiger partial charge in [0.2, 0.25) is 0 Å². The summed E-state index contributed by atoms with van der Waals surface area (Å²) in [7, 11) is -4.30. The van der Waals surface area contributed by atoms with Gasteiger partial charge in [0.25, 0.3) is 10.0 Å². The lowest BCUT2D eigenvalue weighted by molar-refractivity contribution is 0.496. The molecule has 0 bridgehead atoms. The summed E-state index contributed by atoms with van der Waals surface area (Å²) < 4.78 is 79.8. The van der Waals surface area contributed by atoms with Crippen LogP contribution in [0.25, 0.3) is 11.3 Å². The molecule has 0 aliphatic carbocycles. The van der Waals surface area contributed by atoms with Crippen molar-refractivity contribution >= 4 is 15.7 Å². The van der Waals surface area contributed by atoms with Gasteiger partial charge >= 0.3 is 0 Å². The first kappa shape index (κ1) is 17.0. The van der Waals surface area contributed by atoms with Crippen LogP contribution in [0.3, 0.4) is 0 Å². The molecule has 0 unspecified atom stereocenters. The fourth-order valence-corrected chi connectivity index (χ4v) is 3.22. The first-order valence-corrected chi connectivity index (χ1v) is 8.37. The summed E-state index contributed by atoms with van der Waals surface area (Å²) in [5, 5.41) is 0. The van der Waals surface area contributed by atoms with E-state index in [9.17, 15) is 26.0 Å². The van der Waals surface area contributed by atoms with Crippen LogP contribution in [0.4, 0.5) is 23.2 Å². The second-order valence-corrected chi connectivity index (χ2v) is 6.76. The Morgan fingerprint density at radius 2 is 1.52 bits per heavy atom. The fraction of sp³-hybridized carbons (Fsp3) is 0. The van der Waals surface area contributed by atoms with Crippen molar-refractivity contribution in [2.45, 2.75) is 4.90 Å². The van der Waals surface area contributed by atoms with E-state index >= 15 is 0 Å². The maximum absolute atomic E-state index is 13.8. The van der Waals surface area contributed by atoms with Gasteiger partial charge in [-0.05, 0) is 18.2 Å². The van der Waals surface area contributed by atoms with Crippen molar-refractivity contribution in [2.24, 2.45) is 0 Å². The lowest BCUT2D eigenvalue weighted by Gasteiger charge is -2.08. The Labute approximate surface area is 140 Å². The number of hydrogen-bond donors (Lipinski definition) is 2. The van der Waals surface area contributed by atoms with Crippen molar-refractivity contribution < 1.29 is 26.0 Å². The first-order valence-electron chi connectivity index (χ1n) is 6.88. The molecule has 4 nitrogen and oxygen atoms in total. The Hall–Kier alpha value is -2.81. The zero-order valence-electron chi connectivity index (χ0n) is 12.4. The molecule has 0 aliphatic rings. The van der Waals surface area contributed by atoms with Gasteiger partial charge in [0.05, 0.1) is 5.69 Å². The van der Waals surface area contributed by atoms with Crippen LogP contribution >= 0.6 is 0 Å². The Bertz CT molecular complexity index is 1050. The van der Waals surface area contributed by atoms with Crippen molar-refractivity contribution in [3.05, 3.63) is 71.9 Å². The molecule has 0 amide bonds. The van der Waals surface area contributed by atoms with Gasteiger partial charge in [-0.25, -0.2) is 26.0 Å². The van der Waals surface area contributed by atoms with Gasteiger partial charge in [-0.2, -0.15) is 0 Å². The van der Waals surface area contributed by atoms with Gasteiger partial charge in [0, 0.05) is 29.6 Å². The molecule has 25 heavy (non-hydrogen) atoms. The number of nitrogens with one attached hydrogen (secondary N) is 2. The van der Waals surface area contributed by atoms with Crippen LogP contribution in [0.1, 0.15) is 0 Å². The number of anilines is 1. The SMILES string of the molecule is O=S(=O)(Nc1cc(F)c(F)cc1F)c1c[nH]c(-c2ccccc2F)c1. The lowest BCUT2D eigenvalue weighted by Crippen LogP contribution is -2.13. The van der Waals surface area contributed by atoms with E-state index in [1.807, 2.05) is 4.72 Å². The number of aromatic amines is 1. The highest BCUT2D eigenvalue weighted by molar-refractivity contribution is 7.92. The summed E-state index contributed by atoms with van der Waals surface area (Å²) in [4.78, 5) is 2.28. The smallest absolute Gasteiger partial charge is 0.263 e. The number of hydrogen-bond acceptors (Lipinski definition) is 2. The Kier molecular flexibility index (Phi) is 4.25. The largest absolute Gasteiger partial charge is 0.360 e. The standard InChI is InChI=1S/C16H10F4N2O2S/c17-11-4-2-1-3-10(11)15-5-9(8-21-15)25(23,24)22-16-7-13(19)12(18)6-14(16)20/h1-8,21-22H.